The van der Waals surface area contributed by atoms with Gasteiger partial charge in [0.2, 0.25) is 0 Å². The number of nitrogens with two attached hydrogens (primary N) is 1. The predicted octanol–water partition coefficient (Wildman–Crippen LogP) is 1.52. The highest BCUT2D eigenvalue weighted by Gasteiger charge is 2.25. The van der Waals surface area contributed by atoms with E-state index in [1.807, 2.05) is 24.3 Å². The topological polar surface area (TPSA) is 89.3 Å². The molecule has 1 aliphatic heterocycles. The maximum atomic E-state index is 12.2. The van der Waals surface area contributed by atoms with Gasteiger partial charge in [-0.1, -0.05) is 18.2 Å². The number of benzene rings is 1. The SMILES string of the molecule is Nc1c(C(=O)NC2C=CS(=O)(=O)C2)sc2ccccc12. The summed E-state index contributed by atoms with van der Waals surface area (Å²) in [5.41, 5.74) is 6.42. The van der Waals surface area contributed by atoms with Gasteiger partial charge in [0.1, 0.15) is 4.88 Å². The minimum absolute atomic E-state index is 0.0937. The van der Waals surface area contributed by atoms with E-state index in [1.165, 1.54) is 17.4 Å². The highest BCUT2D eigenvalue weighted by Crippen LogP contribution is 2.33. The quantitative estimate of drug-likeness (QED) is 0.880. The van der Waals surface area contributed by atoms with Gasteiger partial charge in [-0.3, -0.25) is 4.79 Å². The molecule has 2 heterocycles. The fourth-order valence-corrected chi connectivity index (χ4v) is 4.39. The summed E-state index contributed by atoms with van der Waals surface area (Å²) in [6.07, 6.45) is 1.48. The Hall–Kier alpha value is -1.86. The van der Waals surface area contributed by atoms with Gasteiger partial charge in [0.25, 0.3) is 5.91 Å². The van der Waals surface area contributed by atoms with Crippen molar-refractivity contribution in [2.45, 2.75) is 6.04 Å². The number of nitrogens with one attached hydrogen (secondary N) is 1. The van der Waals surface area contributed by atoms with Crippen LogP contribution in [0.5, 0.6) is 0 Å². The Labute approximate surface area is 120 Å². The van der Waals surface area contributed by atoms with Gasteiger partial charge in [0.15, 0.2) is 9.84 Å². The zero-order chi connectivity index (χ0) is 14.3. The first-order valence-electron chi connectivity index (χ1n) is 5.95. The fraction of sp³-hybridized carbons (Fsp3) is 0.154. The zero-order valence-electron chi connectivity index (χ0n) is 10.4. The average molecular weight is 308 g/mol. The van der Waals surface area contributed by atoms with Gasteiger partial charge in [-0.05, 0) is 12.1 Å². The number of fused-ring (bicyclic) bond motifs is 1. The maximum Gasteiger partial charge on any atom is 0.264 e. The summed E-state index contributed by atoms with van der Waals surface area (Å²) in [6.45, 7) is 0. The molecule has 0 bridgehead atoms. The summed E-state index contributed by atoms with van der Waals surface area (Å²) in [5, 5.41) is 4.65. The Balaban J connectivity index is 1.87. The maximum absolute atomic E-state index is 12.2. The van der Waals surface area contributed by atoms with Crippen molar-refractivity contribution in [2.24, 2.45) is 0 Å². The highest BCUT2D eigenvalue weighted by molar-refractivity contribution is 7.94. The number of hydrogen-bond acceptors (Lipinski definition) is 5. The van der Waals surface area contributed by atoms with E-state index in [2.05, 4.69) is 5.32 Å². The van der Waals surface area contributed by atoms with Gasteiger partial charge < -0.3 is 11.1 Å². The van der Waals surface area contributed by atoms with Gasteiger partial charge in [-0.25, -0.2) is 8.42 Å². The van der Waals surface area contributed by atoms with Crippen LogP contribution in [0.4, 0.5) is 5.69 Å². The number of anilines is 1. The van der Waals surface area contributed by atoms with Crippen molar-refractivity contribution < 1.29 is 13.2 Å². The summed E-state index contributed by atoms with van der Waals surface area (Å²) in [4.78, 5) is 12.6. The number of sulfone groups is 1. The first kappa shape index (κ1) is 13.1. The van der Waals surface area contributed by atoms with E-state index in [-0.39, 0.29) is 11.7 Å². The molecule has 0 aliphatic carbocycles. The molecule has 7 heteroatoms. The summed E-state index contributed by atoms with van der Waals surface area (Å²) < 4.78 is 23.5. The van der Waals surface area contributed by atoms with E-state index in [4.69, 9.17) is 5.73 Å². The van der Waals surface area contributed by atoms with Crippen LogP contribution in [0.15, 0.2) is 35.7 Å². The molecule has 20 heavy (non-hydrogen) atoms. The lowest BCUT2D eigenvalue weighted by Crippen LogP contribution is -2.35. The Bertz CT molecular complexity index is 821. The van der Waals surface area contributed by atoms with Gasteiger partial charge in [-0.2, -0.15) is 0 Å². The molecule has 0 saturated carbocycles. The first-order valence-corrected chi connectivity index (χ1v) is 8.48. The summed E-state index contributed by atoms with van der Waals surface area (Å²) >= 11 is 1.30. The van der Waals surface area contributed by atoms with Crippen molar-refractivity contribution in [1.29, 1.82) is 0 Å². The minimum atomic E-state index is -3.18. The van der Waals surface area contributed by atoms with Gasteiger partial charge >= 0.3 is 0 Å². The molecule has 1 aromatic heterocycles. The van der Waals surface area contributed by atoms with Crippen molar-refractivity contribution >= 4 is 42.9 Å². The third kappa shape index (κ3) is 2.30. The smallest absolute Gasteiger partial charge is 0.264 e. The lowest BCUT2D eigenvalue weighted by molar-refractivity contribution is 0.0952. The molecular formula is C13H12N2O3S2. The largest absolute Gasteiger partial charge is 0.397 e. The lowest BCUT2D eigenvalue weighted by atomic mass is 10.2. The Morgan fingerprint density at radius 3 is 2.75 bits per heavy atom. The predicted molar refractivity (Wildman–Crippen MR) is 80.4 cm³/mol. The number of carbonyl (C=O) groups excluding carboxylic acids is 1. The number of nitrogen functional groups attached to an aromatic ring is 1. The first-order chi connectivity index (χ1) is 9.46. The monoisotopic (exact) mass is 308 g/mol. The van der Waals surface area contributed by atoms with E-state index >= 15 is 0 Å². The van der Waals surface area contributed by atoms with Crippen LogP contribution in [0.2, 0.25) is 0 Å². The van der Waals surface area contributed by atoms with Gasteiger partial charge in [0, 0.05) is 15.5 Å². The molecule has 1 aromatic carbocycles. The number of hydrogen-bond donors (Lipinski definition) is 2. The van der Waals surface area contributed by atoms with E-state index in [1.54, 1.807) is 0 Å². The lowest BCUT2D eigenvalue weighted by Gasteiger charge is -2.09. The number of amides is 1. The molecule has 1 amide bonds. The van der Waals surface area contributed by atoms with E-state index in [9.17, 15) is 13.2 Å². The minimum Gasteiger partial charge on any atom is -0.397 e. The van der Waals surface area contributed by atoms with Crippen molar-refractivity contribution in [2.75, 3.05) is 11.5 Å². The normalized spacial score (nSPS) is 20.3. The highest BCUT2D eigenvalue weighted by atomic mass is 32.2. The van der Waals surface area contributed by atoms with Gasteiger partial charge in [0.05, 0.1) is 17.5 Å². The van der Waals surface area contributed by atoms with Crippen LogP contribution < -0.4 is 11.1 Å². The van der Waals surface area contributed by atoms with Crippen LogP contribution in [0.25, 0.3) is 10.1 Å². The van der Waals surface area contributed by atoms with Crippen molar-refractivity contribution in [3.63, 3.8) is 0 Å². The molecule has 0 saturated heterocycles. The van der Waals surface area contributed by atoms with Crippen LogP contribution in [0.1, 0.15) is 9.67 Å². The van der Waals surface area contributed by atoms with Crippen LogP contribution in [0, 0.1) is 0 Å². The number of carbonyl (C=O) groups is 1. The number of thiophene rings is 1. The molecule has 1 aliphatic rings. The molecular weight excluding hydrogens is 296 g/mol. The van der Waals surface area contributed by atoms with E-state index in [0.29, 0.717) is 10.6 Å². The number of rotatable bonds is 2. The fourth-order valence-electron chi connectivity index (χ4n) is 2.13. The Morgan fingerprint density at radius 2 is 2.10 bits per heavy atom. The standard InChI is InChI=1S/C13H12N2O3S2/c14-11-9-3-1-2-4-10(9)19-12(11)13(16)15-8-5-6-20(17,18)7-8/h1-6,8H,7,14H2,(H,15,16). The molecule has 3 N–H and O–H groups in total. The molecule has 0 spiro atoms. The van der Waals surface area contributed by atoms with Crippen LogP contribution in [-0.2, 0) is 9.84 Å². The summed E-state index contributed by atoms with van der Waals surface area (Å²) in [6, 6.07) is 7.01. The molecule has 104 valence electrons. The third-order valence-corrected chi connectivity index (χ3v) is 5.67. The van der Waals surface area contributed by atoms with E-state index < -0.39 is 15.9 Å². The molecule has 1 unspecified atom stereocenters. The van der Waals surface area contributed by atoms with Crippen molar-refractivity contribution in [1.82, 2.24) is 5.32 Å². The molecule has 5 nitrogen and oxygen atoms in total. The van der Waals surface area contributed by atoms with Crippen molar-refractivity contribution in [3.05, 3.63) is 40.6 Å². The summed E-state index contributed by atoms with van der Waals surface area (Å²) in [7, 11) is -3.18. The van der Waals surface area contributed by atoms with Crippen LogP contribution in [-0.4, -0.2) is 26.1 Å². The zero-order valence-corrected chi connectivity index (χ0v) is 12.0. The second kappa shape index (κ2) is 4.60. The molecule has 3 rings (SSSR count). The average Bonchev–Trinajstić information content (AvgIpc) is 2.91. The summed E-state index contributed by atoms with van der Waals surface area (Å²) in [5.74, 6) is -0.431. The molecule has 0 radical (unpaired) electrons. The Kier molecular flexibility index (Phi) is 3.02. The molecule has 1 atom stereocenters. The third-order valence-electron chi connectivity index (χ3n) is 3.09. The second-order valence-electron chi connectivity index (χ2n) is 4.58. The second-order valence-corrected chi connectivity index (χ2v) is 7.56. The molecule has 2 aromatic rings. The molecule has 0 fully saturated rings. The van der Waals surface area contributed by atoms with Crippen molar-refractivity contribution in [3.8, 4) is 0 Å². The van der Waals surface area contributed by atoms with E-state index in [0.717, 1.165) is 15.5 Å². The Morgan fingerprint density at radius 1 is 1.35 bits per heavy atom. The van der Waals surface area contributed by atoms with Gasteiger partial charge in [-0.15, -0.1) is 11.3 Å². The van der Waals surface area contributed by atoms with Crippen LogP contribution >= 0.6 is 11.3 Å². The van der Waals surface area contributed by atoms with Crippen LogP contribution in [0.3, 0.4) is 0 Å².